The molecular weight excluding hydrogens is 270 g/mol. The molecule has 0 spiro atoms. The first kappa shape index (κ1) is 13.3. The van der Waals surface area contributed by atoms with Crippen LogP contribution in [0.3, 0.4) is 0 Å². The maximum atomic E-state index is 5.83. The van der Waals surface area contributed by atoms with Gasteiger partial charge in [-0.15, -0.1) is 0 Å². The minimum absolute atomic E-state index is 0.0321. The van der Waals surface area contributed by atoms with Gasteiger partial charge in [0.25, 0.3) is 0 Å². The van der Waals surface area contributed by atoms with Crippen molar-refractivity contribution in [1.82, 2.24) is 0 Å². The van der Waals surface area contributed by atoms with Crippen molar-refractivity contribution in [2.75, 3.05) is 13.7 Å². The molecule has 0 aromatic heterocycles. The first-order chi connectivity index (χ1) is 7.58. The van der Waals surface area contributed by atoms with Crippen LogP contribution in [0.25, 0.3) is 0 Å². The maximum absolute atomic E-state index is 5.83. The van der Waals surface area contributed by atoms with Crippen LogP contribution in [0.2, 0.25) is 0 Å². The summed E-state index contributed by atoms with van der Waals surface area (Å²) in [5, 5.41) is 0. The Hall–Kier alpha value is -0.740. The van der Waals surface area contributed by atoms with Crippen molar-refractivity contribution in [3.8, 4) is 11.5 Å². The summed E-state index contributed by atoms with van der Waals surface area (Å²) in [6.45, 7) is 4.69. The number of nitrogens with two attached hydrogens (primary N) is 1. The van der Waals surface area contributed by atoms with Crippen LogP contribution < -0.4 is 15.2 Å². The number of hydrogen-bond acceptors (Lipinski definition) is 3. The lowest BCUT2D eigenvalue weighted by molar-refractivity contribution is 0.158. The molecule has 90 valence electrons. The number of benzene rings is 1. The third kappa shape index (κ3) is 3.39. The molecule has 0 amide bonds. The first-order valence-corrected chi connectivity index (χ1v) is 6.08. The van der Waals surface area contributed by atoms with Gasteiger partial charge in [-0.1, -0.05) is 13.8 Å². The Bertz CT molecular complexity index is 342. The molecule has 0 radical (unpaired) electrons. The van der Waals surface area contributed by atoms with Crippen molar-refractivity contribution in [3.05, 3.63) is 22.7 Å². The predicted molar refractivity (Wildman–Crippen MR) is 69.0 cm³/mol. The quantitative estimate of drug-likeness (QED) is 0.906. The van der Waals surface area contributed by atoms with E-state index in [4.69, 9.17) is 15.2 Å². The summed E-state index contributed by atoms with van der Waals surface area (Å²) in [5.41, 5.74) is 5.66. The van der Waals surface area contributed by atoms with Crippen molar-refractivity contribution in [1.29, 1.82) is 0 Å². The van der Waals surface area contributed by atoms with Gasteiger partial charge < -0.3 is 15.2 Å². The van der Waals surface area contributed by atoms with Gasteiger partial charge in [-0.05, 0) is 40.0 Å². The molecule has 1 aromatic carbocycles. The molecule has 0 aliphatic carbocycles. The third-order valence-electron chi connectivity index (χ3n) is 2.39. The molecule has 0 saturated heterocycles. The minimum atomic E-state index is 0.0321. The summed E-state index contributed by atoms with van der Waals surface area (Å²) in [6.07, 6.45) is 0.0321. The smallest absolute Gasteiger partial charge is 0.134 e. The molecule has 0 fully saturated rings. The monoisotopic (exact) mass is 287 g/mol. The summed E-state index contributed by atoms with van der Waals surface area (Å²) in [7, 11) is 1.64. The molecule has 3 nitrogen and oxygen atoms in total. The van der Waals surface area contributed by atoms with Gasteiger partial charge in [-0.3, -0.25) is 0 Å². The molecule has 0 aliphatic rings. The molecule has 0 aliphatic heterocycles. The molecular formula is C12H18BrNO2. The van der Waals surface area contributed by atoms with E-state index in [0.717, 1.165) is 16.0 Å². The lowest BCUT2D eigenvalue weighted by Gasteiger charge is -2.21. The van der Waals surface area contributed by atoms with Crippen LogP contribution in [0.1, 0.15) is 13.8 Å². The SMILES string of the molecule is COc1ccc(OC(CN)C(C)C)c(Br)c1. The summed E-state index contributed by atoms with van der Waals surface area (Å²) < 4.78 is 11.8. The fourth-order valence-electron chi connectivity index (χ4n) is 1.32. The summed E-state index contributed by atoms with van der Waals surface area (Å²) >= 11 is 3.45. The lowest BCUT2D eigenvalue weighted by Crippen LogP contribution is -2.31. The van der Waals surface area contributed by atoms with Gasteiger partial charge in [-0.25, -0.2) is 0 Å². The highest BCUT2D eigenvalue weighted by Crippen LogP contribution is 2.30. The van der Waals surface area contributed by atoms with Crippen LogP contribution >= 0.6 is 15.9 Å². The van der Waals surface area contributed by atoms with Crippen LogP contribution in [0.4, 0.5) is 0 Å². The van der Waals surface area contributed by atoms with E-state index in [1.807, 2.05) is 18.2 Å². The fraction of sp³-hybridized carbons (Fsp3) is 0.500. The highest BCUT2D eigenvalue weighted by atomic mass is 79.9. The topological polar surface area (TPSA) is 44.5 Å². The van der Waals surface area contributed by atoms with Gasteiger partial charge in [0, 0.05) is 6.54 Å². The van der Waals surface area contributed by atoms with Gasteiger partial charge in [0.1, 0.15) is 17.6 Å². The van der Waals surface area contributed by atoms with E-state index >= 15 is 0 Å². The van der Waals surface area contributed by atoms with Crippen molar-refractivity contribution in [2.45, 2.75) is 20.0 Å². The molecule has 16 heavy (non-hydrogen) atoms. The molecule has 0 saturated carbocycles. The van der Waals surface area contributed by atoms with Gasteiger partial charge in [0.05, 0.1) is 11.6 Å². The average Bonchev–Trinajstić information content (AvgIpc) is 2.26. The number of halogens is 1. The Kier molecular flexibility index (Phi) is 5.09. The van der Waals surface area contributed by atoms with Crippen molar-refractivity contribution < 1.29 is 9.47 Å². The molecule has 2 N–H and O–H groups in total. The Morgan fingerprint density at radius 3 is 2.50 bits per heavy atom. The van der Waals surface area contributed by atoms with Crippen molar-refractivity contribution in [2.24, 2.45) is 11.7 Å². The largest absolute Gasteiger partial charge is 0.497 e. The van der Waals surface area contributed by atoms with E-state index < -0.39 is 0 Å². The van der Waals surface area contributed by atoms with E-state index in [2.05, 4.69) is 29.8 Å². The number of rotatable bonds is 5. The molecule has 1 aromatic rings. The zero-order chi connectivity index (χ0) is 12.1. The van der Waals surface area contributed by atoms with Crippen LogP contribution in [-0.2, 0) is 0 Å². The molecule has 0 heterocycles. The Morgan fingerprint density at radius 1 is 1.38 bits per heavy atom. The standard InChI is InChI=1S/C12H18BrNO2/c1-8(2)12(7-14)16-11-5-4-9(15-3)6-10(11)13/h4-6,8,12H,7,14H2,1-3H3. The second-order valence-corrected chi connectivity index (χ2v) is 4.79. The van der Waals surface area contributed by atoms with E-state index in [-0.39, 0.29) is 6.10 Å². The Balaban J connectivity index is 2.80. The van der Waals surface area contributed by atoms with Gasteiger partial charge in [-0.2, -0.15) is 0 Å². The van der Waals surface area contributed by atoms with Gasteiger partial charge in [0.2, 0.25) is 0 Å². The molecule has 1 unspecified atom stereocenters. The molecule has 4 heteroatoms. The Morgan fingerprint density at radius 2 is 2.06 bits per heavy atom. The first-order valence-electron chi connectivity index (χ1n) is 5.28. The van der Waals surface area contributed by atoms with Crippen molar-refractivity contribution >= 4 is 15.9 Å². The summed E-state index contributed by atoms with van der Waals surface area (Å²) in [5.74, 6) is 1.98. The fourth-order valence-corrected chi connectivity index (χ4v) is 1.77. The summed E-state index contributed by atoms with van der Waals surface area (Å²) in [6, 6.07) is 5.63. The highest BCUT2D eigenvalue weighted by Gasteiger charge is 2.14. The number of ether oxygens (including phenoxy) is 2. The van der Waals surface area contributed by atoms with E-state index in [0.29, 0.717) is 12.5 Å². The Labute approximate surface area is 105 Å². The highest BCUT2D eigenvalue weighted by molar-refractivity contribution is 9.10. The predicted octanol–water partition coefficient (Wildman–Crippen LogP) is 2.82. The van der Waals surface area contributed by atoms with E-state index in [9.17, 15) is 0 Å². The molecule has 1 atom stereocenters. The third-order valence-corrected chi connectivity index (χ3v) is 3.01. The molecule has 0 bridgehead atoms. The number of hydrogen-bond donors (Lipinski definition) is 1. The zero-order valence-corrected chi connectivity index (χ0v) is 11.5. The van der Waals surface area contributed by atoms with Crippen LogP contribution in [-0.4, -0.2) is 19.8 Å². The van der Waals surface area contributed by atoms with Crippen LogP contribution in [0.15, 0.2) is 22.7 Å². The minimum Gasteiger partial charge on any atom is -0.497 e. The average molecular weight is 288 g/mol. The van der Waals surface area contributed by atoms with E-state index in [1.54, 1.807) is 7.11 Å². The van der Waals surface area contributed by atoms with E-state index in [1.165, 1.54) is 0 Å². The maximum Gasteiger partial charge on any atom is 0.134 e. The second kappa shape index (κ2) is 6.11. The number of methoxy groups -OCH3 is 1. The normalized spacial score (nSPS) is 12.6. The van der Waals surface area contributed by atoms with Crippen LogP contribution in [0.5, 0.6) is 11.5 Å². The summed E-state index contributed by atoms with van der Waals surface area (Å²) in [4.78, 5) is 0. The van der Waals surface area contributed by atoms with Crippen LogP contribution in [0, 0.1) is 5.92 Å². The zero-order valence-electron chi connectivity index (χ0n) is 9.87. The van der Waals surface area contributed by atoms with Gasteiger partial charge >= 0.3 is 0 Å². The van der Waals surface area contributed by atoms with Crippen molar-refractivity contribution in [3.63, 3.8) is 0 Å². The molecule has 1 rings (SSSR count). The lowest BCUT2D eigenvalue weighted by atomic mass is 10.1. The second-order valence-electron chi connectivity index (χ2n) is 3.93. The van der Waals surface area contributed by atoms with Gasteiger partial charge in [0.15, 0.2) is 0 Å².